The molecular formula is C18H20O3. The summed E-state index contributed by atoms with van der Waals surface area (Å²) in [6, 6.07) is 13.6. The summed E-state index contributed by atoms with van der Waals surface area (Å²) in [5, 5.41) is 0. The van der Waals surface area contributed by atoms with Crippen LogP contribution in [-0.4, -0.2) is 20.5 Å². The summed E-state index contributed by atoms with van der Waals surface area (Å²) in [6.07, 6.45) is 1.59. The van der Waals surface area contributed by atoms with Gasteiger partial charge < -0.3 is 14.3 Å². The van der Waals surface area contributed by atoms with Gasteiger partial charge in [-0.25, -0.2) is 0 Å². The third kappa shape index (κ3) is 3.43. The van der Waals surface area contributed by atoms with Crippen molar-refractivity contribution in [2.24, 2.45) is 0 Å². The first-order valence-electron chi connectivity index (χ1n) is 6.91. The normalized spacial score (nSPS) is 11.8. The lowest BCUT2D eigenvalue weighted by molar-refractivity contribution is -0.109. The van der Waals surface area contributed by atoms with Crippen LogP contribution in [0.4, 0.5) is 0 Å². The fourth-order valence-electron chi connectivity index (χ4n) is 2.51. The molecule has 0 aliphatic heterocycles. The molecule has 0 aliphatic carbocycles. The van der Waals surface area contributed by atoms with Crippen LogP contribution < -0.4 is 9.47 Å². The zero-order chi connectivity index (χ0) is 15.2. The second-order valence-corrected chi connectivity index (χ2v) is 4.98. The maximum Gasteiger partial charge on any atom is 0.127 e. The maximum atomic E-state index is 11.5. The van der Waals surface area contributed by atoms with Gasteiger partial charge in [0, 0.05) is 5.92 Å². The van der Waals surface area contributed by atoms with Gasteiger partial charge in [0.25, 0.3) is 0 Å². The molecule has 0 spiro atoms. The molecule has 0 amide bonds. The Morgan fingerprint density at radius 3 is 2.48 bits per heavy atom. The molecule has 2 aromatic rings. The number of hydrogen-bond donors (Lipinski definition) is 0. The standard InChI is InChI=1S/C18H20O3/c1-13-6-4-5-7-17(13)15(12-19)10-14-11-16(20-2)8-9-18(14)21-3/h4-9,11-12,15H,10H2,1-3H3. The average molecular weight is 284 g/mol. The molecule has 2 rings (SSSR count). The first-order chi connectivity index (χ1) is 10.2. The number of aldehydes is 1. The van der Waals surface area contributed by atoms with Crippen molar-refractivity contribution in [3.8, 4) is 11.5 Å². The molecule has 2 aromatic carbocycles. The molecule has 0 saturated heterocycles. The summed E-state index contributed by atoms with van der Waals surface area (Å²) in [5.41, 5.74) is 3.14. The molecule has 0 fully saturated rings. The number of rotatable bonds is 6. The fraction of sp³-hybridized carbons (Fsp3) is 0.278. The second-order valence-electron chi connectivity index (χ2n) is 4.98. The highest BCUT2D eigenvalue weighted by Gasteiger charge is 2.16. The molecule has 0 N–H and O–H groups in total. The quantitative estimate of drug-likeness (QED) is 0.761. The molecule has 0 radical (unpaired) electrons. The summed E-state index contributed by atoms with van der Waals surface area (Å²) in [4.78, 5) is 11.5. The maximum absolute atomic E-state index is 11.5. The number of hydrogen-bond acceptors (Lipinski definition) is 3. The first-order valence-corrected chi connectivity index (χ1v) is 6.91. The molecule has 3 heteroatoms. The molecule has 110 valence electrons. The summed E-state index contributed by atoms with van der Waals surface area (Å²) >= 11 is 0. The molecule has 3 nitrogen and oxygen atoms in total. The van der Waals surface area contributed by atoms with E-state index in [9.17, 15) is 4.79 Å². The minimum absolute atomic E-state index is 0.188. The highest BCUT2D eigenvalue weighted by atomic mass is 16.5. The SMILES string of the molecule is COc1ccc(OC)c(CC(C=O)c2ccccc2C)c1. The molecule has 0 saturated carbocycles. The minimum atomic E-state index is -0.188. The Hall–Kier alpha value is -2.29. The van der Waals surface area contributed by atoms with Crippen molar-refractivity contribution in [1.29, 1.82) is 0 Å². The van der Waals surface area contributed by atoms with E-state index in [1.165, 1.54) is 0 Å². The lowest BCUT2D eigenvalue weighted by Gasteiger charge is -2.16. The highest BCUT2D eigenvalue weighted by molar-refractivity contribution is 5.64. The zero-order valence-electron chi connectivity index (χ0n) is 12.6. The molecular weight excluding hydrogens is 264 g/mol. The van der Waals surface area contributed by atoms with Gasteiger partial charge >= 0.3 is 0 Å². The molecule has 21 heavy (non-hydrogen) atoms. The molecule has 1 atom stereocenters. The second kappa shape index (κ2) is 6.93. The lowest BCUT2D eigenvalue weighted by Crippen LogP contribution is -2.07. The van der Waals surface area contributed by atoms with Crippen LogP contribution in [0.15, 0.2) is 42.5 Å². The summed E-state index contributed by atoms with van der Waals surface area (Å²) in [5.74, 6) is 1.35. The predicted molar refractivity (Wildman–Crippen MR) is 83.2 cm³/mol. The number of aryl methyl sites for hydroxylation is 1. The number of methoxy groups -OCH3 is 2. The van der Waals surface area contributed by atoms with Crippen LogP contribution in [-0.2, 0) is 11.2 Å². The van der Waals surface area contributed by atoms with Gasteiger partial charge in [-0.3, -0.25) is 0 Å². The largest absolute Gasteiger partial charge is 0.497 e. The van der Waals surface area contributed by atoms with Crippen LogP contribution >= 0.6 is 0 Å². The van der Waals surface area contributed by atoms with E-state index in [0.29, 0.717) is 6.42 Å². The molecule has 0 heterocycles. The van der Waals surface area contributed by atoms with E-state index in [1.807, 2.05) is 49.4 Å². The van der Waals surface area contributed by atoms with Crippen molar-refractivity contribution in [3.63, 3.8) is 0 Å². The van der Waals surface area contributed by atoms with Gasteiger partial charge in [0.15, 0.2) is 0 Å². The monoisotopic (exact) mass is 284 g/mol. The average Bonchev–Trinajstić information content (AvgIpc) is 2.53. The van der Waals surface area contributed by atoms with E-state index >= 15 is 0 Å². The van der Waals surface area contributed by atoms with Crippen molar-refractivity contribution in [3.05, 3.63) is 59.2 Å². The van der Waals surface area contributed by atoms with Gasteiger partial charge in [-0.2, -0.15) is 0 Å². The Bertz CT molecular complexity index is 620. The van der Waals surface area contributed by atoms with Crippen molar-refractivity contribution in [2.75, 3.05) is 14.2 Å². The number of ether oxygens (including phenoxy) is 2. The van der Waals surface area contributed by atoms with Gasteiger partial charge in [0.1, 0.15) is 17.8 Å². The van der Waals surface area contributed by atoms with E-state index in [0.717, 1.165) is 34.5 Å². The zero-order valence-corrected chi connectivity index (χ0v) is 12.6. The van der Waals surface area contributed by atoms with E-state index in [-0.39, 0.29) is 5.92 Å². The van der Waals surface area contributed by atoms with Crippen LogP contribution in [0.3, 0.4) is 0 Å². The van der Waals surface area contributed by atoms with Gasteiger partial charge in [0.2, 0.25) is 0 Å². The topological polar surface area (TPSA) is 35.5 Å². The van der Waals surface area contributed by atoms with E-state index in [2.05, 4.69) is 0 Å². The van der Waals surface area contributed by atoms with Crippen LogP contribution in [0.1, 0.15) is 22.6 Å². The number of benzene rings is 2. The fourth-order valence-corrected chi connectivity index (χ4v) is 2.51. The molecule has 1 unspecified atom stereocenters. The summed E-state index contributed by atoms with van der Waals surface area (Å²) in [6.45, 7) is 2.02. The van der Waals surface area contributed by atoms with E-state index in [4.69, 9.17) is 9.47 Å². The summed E-state index contributed by atoms with van der Waals surface area (Å²) in [7, 11) is 3.26. The Morgan fingerprint density at radius 2 is 1.86 bits per heavy atom. The highest BCUT2D eigenvalue weighted by Crippen LogP contribution is 2.30. The lowest BCUT2D eigenvalue weighted by atomic mass is 9.90. The van der Waals surface area contributed by atoms with Crippen molar-refractivity contribution >= 4 is 6.29 Å². The Labute approximate surface area is 125 Å². The minimum Gasteiger partial charge on any atom is -0.497 e. The Morgan fingerprint density at radius 1 is 1.10 bits per heavy atom. The third-order valence-corrected chi connectivity index (χ3v) is 3.68. The predicted octanol–water partition coefficient (Wildman–Crippen LogP) is 3.54. The van der Waals surface area contributed by atoms with E-state index < -0.39 is 0 Å². The third-order valence-electron chi connectivity index (χ3n) is 3.68. The van der Waals surface area contributed by atoms with Gasteiger partial charge in [-0.15, -0.1) is 0 Å². The smallest absolute Gasteiger partial charge is 0.127 e. The Balaban J connectivity index is 2.34. The van der Waals surface area contributed by atoms with Crippen LogP contribution in [0, 0.1) is 6.92 Å². The van der Waals surface area contributed by atoms with Crippen LogP contribution in [0.5, 0.6) is 11.5 Å². The van der Waals surface area contributed by atoms with Crippen LogP contribution in [0.25, 0.3) is 0 Å². The van der Waals surface area contributed by atoms with Crippen molar-refractivity contribution < 1.29 is 14.3 Å². The van der Waals surface area contributed by atoms with Gasteiger partial charge in [0.05, 0.1) is 14.2 Å². The summed E-state index contributed by atoms with van der Waals surface area (Å²) < 4.78 is 10.6. The van der Waals surface area contributed by atoms with Gasteiger partial charge in [-0.1, -0.05) is 24.3 Å². The Kier molecular flexibility index (Phi) is 4.99. The molecule has 0 aliphatic rings. The number of carbonyl (C=O) groups excluding carboxylic acids is 1. The molecule has 0 bridgehead atoms. The van der Waals surface area contributed by atoms with Crippen molar-refractivity contribution in [2.45, 2.75) is 19.3 Å². The molecule has 0 aromatic heterocycles. The van der Waals surface area contributed by atoms with Crippen LogP contribution in [0.2, 0.25) is 0 Å². The van der Waals surface area contributed by atoms with Gasteiger partial charge in [-0.05, 0) is 48.2 Å². The van der Waals surface area contributed by atoms with E-state index in [1.54, 1.807) is 14.2 Å². The first kappa shape index (κ1) is 15.1. The number of carbonyl (C=O) groups is 1. The van der Waals surface area contributed by atoms with Crippen molar-refractivity contribution in [1.82, 2.24) is 0 Å².